The van der Waals surface area contributed by atoms with Gasteiger partial charge in [0.15, 0.2) is 16.9 Å². The number of carboxylic acids is 1. The van der Waals surface area contributed by atoms with Gasteiger partial charge in [-0.1, -0.05) is 26.0 Å². The van der Waals surface area contributed by atoms with E-state index in [1.807, 2.05) is 61.5 Å². The first-order valence-corrected chi connectivity index (χ1v) is 34.3. The Morgan fingerprint density at radius 1 is 0.773 bits per heavy atom. The number of aliphatic carboxylic acids is 1. The summed E-state index contributed by atoms with van der Waals surface area (Å²) >= 11 is 0. The van der Waals surface area contributed by atoms with Gasteiger partial charge in [0.05, 0.1) is 45.1 Å². The van der Waals surface area contributed by atoms with Crippen LogP contribution in [-0.2, 0) is 62.6 Å². The smallest absolute Gasteiger partial charge is 0.326 e. The number of carboxylic acid groups (broad SMARTS) is 1. The Bertz CT molecular complexity index is 4260. The molecule has 0 bridgehead atoms. The van der Waals surface area contributed by atoms with E-state index < -0.39 is 86.3 Å². The lowest BCUT2D eigenvalue weighted by Gasteiger charge is -2.28. The second kappa shape index (κ2) is 26.6. The summed E-state index contributed by atoms with van der Waals surface area (Å²) in [6.07, 6.45) is 12.8. The third kappa shape index (κ3) is 16.1. The van der Waals surface area contributed by atoms with Crippen molar-refractivity contribution in [3.63, 3.8) is 0 Å². The molecule has 1 atom stereocenters. The van der Waals surface area contributed by atoms with Crippen molar-refractivity contribution in [2.24, 2.45) is 0 Å². The zero-order valence-corrected chi connectivity index (χ0v) is 52.0. The van der Waals surface area contributed by atoms with Crippen LogP contribution in [-0.4, -0.2) is 136 Å². The number of unbranched alkanes of at least 4 members (excludes halogenated alkanes) is 3. The molecule has 26 nitrogen and oxygen atoms in total. The number of carbonyl (C=O) groups is 2. The largest absolute Gasteiger partial charge is 0.480 e. The molecule has 3 aliphatic rings. The van der Waals surface area contributed by atoms with Gasteiger partial charge in [0.2, 0.25) is 11.6 Å². The number of rotatable bonds is 27. The maximum Gasteiger partial charge on any atom is 0.326 e. The Labute approximate surface area is 509 Å². The number of carbonyl (C=O) groups excluding carboxylic acids is 1. The third-order valence-electron chi connectivity index (χ3n) is 15.7. The van der Waals surface area contributed by atoms with Crippen LogP contribution >= 0.6 is 0 Å². The number of aromatic nitrogens is 4. The fraction of sp³-hybridized carbons (Fsp3) is 0.397. The number of hydrogen-bond acceptors (Lipinski definition) is 18. The van der Waals surface area contributed by atoms with Gasteiger partial charge in [-0.3, -0.25) is 32.8 Å². The molecule has 3 aromatic carbocycles. The molecular weight excluding hydrogens is 1220 g/mol. The number of benzene rings is 3. The molecule has 0 fully saturated rings. The highest BCUT2D eigenvalue weighted by atomic mass is 32.2. The van der Waals surface area contributed by atoms with Crippen molar-refractivity contribution in [3.8, 4) is 0 Å². The van der Waals surface area contributed by atoms with E-state index in [4.69, 9.17) is 5.73 Å². The van der Waals surface area contributed by atoms with E-state index in [1.165, 1.54) is 42.6 Å². The molecule has 11 N–H and O–H groups in total. The van der Waals surface area contributed by atoms with Crippen molar-refractivity contribution < 1.29 is 71.2 Å². The van der Waals surface area contributed by atoms with Crippen molar-refractivity contribution in [3.05, 3.63) is 146 Å². The first-order valence-electron chi connectivity index (χ1n) is 28.2. The van der Waals surface area contributed by atoms with E-state index >= 15 is 0 Å². The molecule has 1 amide bonds. The van der Waals surface area contributed by atoms with Gasteiger partial charge in [-0.05, 0) is 149 Å². The van der Waals surface area contributed by atoms with Crippen LogP contribution in [0.3, 0.4) is 0 Å². The maximum absolute atomic E-state index is 13.4. The van der Waals surface area contributed by atoms with Gasteiger partial charge in [-0.2, -0.15) is 43.2 Å². The average Bonchev–Trinajstić information content (AvgIpc) is 1.87. The third-order valence-corrected chi connectivity index (χ3v) is 19.0. The van der Waals surface area contributed by atoms with Crippen LogP contribution in [0.15, 0.2) is 128 Å². The molecule has 5 aromatic rings. The molecular formula is C58H71N10O16S4+. The van der Waals surface area contributed by atoms with Gasteiger partial charge < -0.3 is 31.7 Å². The Morgan fingerprint density at radius 2 is 1.43 bits per heavy atom. The molecule has 1 aliphatic carbocycles. The van der Waals surface area contributed by atoms with Crippen LogP contribution < -0.4 is 32.1 Å². The minimum Gasteiger partial charge on any atom is -0.480 e. The highest BCUT2D eigenvalue weighted by Gasteiger charge is 2.45. The molecule has 30 heteroatoms. The van der Waals surface area contributed by atoms with E-state index in [1.54, 1.807) is 24.3 Å². The fourth-order valence-corrected chi connectivity index (χ4v) is 13.4. The highest BCUT2D eigenvalue weighted by molar-refractivity contribution is 7.86. The predicted octanol–water partition coefficient (Wildman–Crippen LogP) is 6.36. The standard InChI is InChI=1S/C58H70N10O16S4/c1-57(2)43-32-41(87(79,80)81)21-23-46(43)67(28-7-9-30-85(73,74)75)48(57)25-17-36-12-11-13-37(18-26-49-58(3,4)44-33-42(88(82,83)84)22-24-47(44)68(49)29-8-10-31-86(76,77)78)50(36)60-27-6-5-14-45(55(71)72)64-53(69)38-15-19-39(20-16-38)61-34-40-35-62-52-51(63-40)54(70)66-56(59)65-52/h15-26,32-33,35,45H,5-14,27-31,34H2,1-4H3,(H10,59,61,62,64,65,66,69,70,71,72,73,74,75,76,77,78,79,80,81,82,83,84)/p+1. The number of aromatic amines is 1. The van der Waals surface area contributed by atoms with Crippen LogP contribution in [0.1, 0.15) is 119 Å². The van der Waals surface area contributed by atoms with Crippen molar-refractivity contribution in [1.29, 1.82) is 0 Å². The number of anilines is 3. The van der Waals surface area contributed by atoms with Crippen LogP contribution in [0.25, 0.3) is 11.2 Å². The van der Waals surface area contributed by atoms with Gasteiger partial charge in [-0.25, -0.2) is 14.8 Å². The topological polar surface area (TPSA) is 412 Å². The molecule has 4 heterocycles. The van der Waals surface area contributed by atoms with Gasteiger partial charge in [0.25, 0.3) is 51.9 Å². The van der Waals surface area contributed by atoms with Gasteiger partial charge in [0.1, 0.15) is 12.6 Å². The van der Waals surface area contributed by atoms with Crippen molar-refractivity contribution in [2.45, 2.75) is 125 Å². The number of allylic oxidation sites excluding steroid dienone is 7. The van der Waals surface area contributed by atoms with E-state index in [-0.39, 0.29) is 71.4 Å². The van der Waals surface area contributed by atoms with Crippen LogP contribution in [0.2, 0.25) is 0 Å². The minimum atomic E-state index is -4.60. The number of nitrogens with one attached hydrogen (secondary N) is 4. The first-order chi connectivity index (χ1) is 41.2. The summed E-state index contributed by atoms with van der Waals surface area (Å²) < 4.78 is 137. The van der Waals surface area contributed by atoms with E-state index in [0.717, 1.165) is 28.3 Å². The summed E-state index contributed by atoms with van der Waals surface area (Å²) in [5, 5.41) is 19.6. The Morgan fingerprint density at radius 3 is 2.09 bits per heavy atom. The van der Waals surface area contributed by atoms with E-state index in [9.17, 15) is 71.4 Å². The monoisotopic (exact) mass is 1290 g/mol. The van der Waals surface area contributed by atoms with Crippen molar-refractivity contribution in [1.82, 2.24) is 30.6 Å². The summed E-state index contributed by atoms with van der Waals surface area (Å²) in [5.74, 6) is -2.86. The molecule has 0 saturated carbocycles. The summed E-state index contributed by atoms with van der Waals surface area (Å²) in [4.78, 5) is 54.5. The second-order valence-electron chi connectivity index (χ2n) is 22.8. The van der Waals surface area contributed by atoms with Crippen molar-refractivity contribution >= 4 is 92.2 Å². The molecule has 0 saturated heterocycles. The zero-order chi connectivity index (χ0) is 64.1. The number of nitrogen functional groups attached to an aromatic ring is 1. The molecule has 472 valence electrons. The van der Waals surface area contributed by atoms with E-state index in [2.05, 4.69) is 35.9 Å². The number of nitrogens with two attached hydrogens (primary N) is 1. The molecule has 8 rings (SSSR count). The Hall–Kier alpha value is -7.71. The maximum atomic E-state index is 13.4. The van der Waals surface area contributed by atoms with Gasteiger partial charge >= 0.3 is 5.97 Å². The first kappa shape index (κ1) is 66.2. The van der Waals surface area contributed by atoms with Gasteiger partial charge in [-0.15, -0.1) is 0 Å². The lowest BCUT2D eigenvalue weighted by molar-refractivity contribution is -0.438. The van der Waals surface area contributed by atoms with Crippen LogP contribution in [0.5, 0.6) is 0 Å². The summed E-state index contributed by atoms with van der Waals surface area (Å²) in [6.45, 7) is 8.65. The molecule has 0 spiro atoms. The number of hydrogen-bond donors (Lipinski definition) is 10. The number of nitrogens with zero attached hydrogens (tertiary/aromatic N) is 5. The van der Waals surface area contributed by atoms with Gasteiger partial charge in [0, 0.05) is 71.0 Å². The zero-order valence-electron chi connectivity index (χ0n) is 48.7. The predicted molar refractivity (Wildman–Crippen MR) is 330 cm³/mol. The number of amides is 1. The molecule has 2 aromatic heterocycles. The second-order valence-corrected chi connectivity index (χ2v) is 28.8. The molecule has 88 heavy (non-hydrogen) atoms. The fourth-order valence-electron chi connectivity index (χ4n) is 11.2. The molecule has 2 aliphatic heterocycles. The van der Waals surface area contributed by atoms with Crippen LogP contribution in [0, 0.1) is 0 Å². The number of fused-ring (bicyclic) bond motifs is 3. The SMILES string of the molecule is CC1(C)C(=CC=C2CCCC(C=CC3=[N+](CCCCS(=O)(=O)O)c4ccc(S(=O)(=O)O)cc4C3(C)C)=C2NCCCCC(NC(=O)c2ccc(NCc3cnc4nc(N)[nH]c(=O)c4n3)cc2)C(=O)O)N(CCCCS(=O)(=O)O)c2ccc(S(=O)(=O)O)cc21. The quantitative estimate of drug-likeness (QED) is 0.0155. The summed E-state index contributed by atoms with van der Waals surface area (Å²) in [6, 6.07) is 13.6. The normalized spacial score (nSPS) is 17.2. The molecule has 1 unspecified atom stereocenters. The average molecular weight is 1290 g/mol. The lowest BCUT2D eigenvalue weighted by atomic mass is 9.81. The van der Waals surface area contributed by atoms with E-state index in [0.29, 0.717) is 85.4 Å². The Balaban J connectivity index is 1.06. The Kier molecular flexibility index (Phi) is 20.0. The highest BCUT2D eigenvalue weighted by Crippen LogP contribution is 2.49. The van der Waals surface area contributed by atoms with Crippen molar-refractivity contribution in [2.75, 3.05) is 47.1 Å². The van der Waals surface area contributed by atoms with Crippen LogP contribution in [0.4, 0.5) is 23.0 Å². The lowest BCUT2D eigenvalue weighted by Crippen LogP contribution is -2.40. The summed E-state index contributed by atoms with van der Waals surface area (Å²) in [7, 11) is -17.7. The minimum absolute atomic E-state index is 0.0181. The summed E-state index contributed by atoms with van der Waals surface area (Å²) in [5.41, 5.74) is 11.0. The molecule has 0 radical (unpaired) electrons. The number of H-pyrrole nitrogens is 1.